The first kappa shape index (κ1) is 27.7. The second-order valence-corrected chi connectivity index (χ2v) is 11.1. The maximum atomic E-state index is 13.8. The van der Waals surface area contributed by atoms with Gasteiger partial charge in [0, 0.05) is 23.0 Å². The number of carbonyl (C=O) groups excluding carboxylic acids is 2. The third kappa shape index (κ3) is 5.98. The van der Waals surface area contributed by atoms with Gasteiger partial charge < -0.3 is 15.5 Å². The number of amides is 2. The highest BCUT2D eigenvalue weighted by Gasteiger charge is 2.40. The number of rotatable bonds is 7. The highest BCUT2D eigenvalue weighted by molar-refractivity contribution is 8.16. The van der Waals surface area contributed by atoms with Crippen LogP contribution in [0.15, 0.2) is 94.1 Å². The van der Waals surface area contributed by atoms with Crippen molar-refractivity contribution in [2.24, 2.45) is 4.99 Å². The quantitative estimate of drug-likeness (QED) is 0.318. The molecule has 0 saturated heterocycles. The number of thioether (sulfide) groups is 1. The minimum Gasteiger partial charge on any atom is -0.352 e. The van der Waals surface area contributed by atoms with E-state index in [-0.39, 0.29) is 30.6 Å². The van der Waals surface area contributed by atoms with Crippen LogP contribution in [0.5, 0.6) is 0 Å². The van der Waals surface area contributed by atoms with Crippen LogP contribution >= 0.6 is 23.4 Å². The molecule has 0 aliphatic carbocycles. The van der Waals surface area contributed by atoms with Crippen LogP contribution in [-0.4, -0.2) is 21.9 Å². The largest absolute Gasteiger partial charge is 0.352 e. The zero-order valence-corrected chi connectivity index (χ0v) is 23.9. The van der Waals surface area contributed by atoms with Gasteiger partial charge in [0.2, 0.25) is 5.91 Å². The number of fused-ring (bicyclic) bond motifs is 1. The van der Waals surface area contributed by atoms with Crippen molar-refractivity contribution in [1.29, 1.82) is 0 Å². The molecule has 204 valence electrons. The van der Waals surface area contributed by atoms with Crippen molar-refractivity contribution < 1.29 is 14.0 Å². The molecule has 2 N–H and O–H groups in total. The fraction of sp³-hybridized carbons (Fsp3) is 0.194. The number of nitrogens with zero attached hydrogens (tertiary/aromatic N) is 2. The number of aliphatic imine (C=N–C) groups is 1. The highest BCUT2D eigenvalue weighted by atomic mass is 35.5. The van der Waals surface area contributed by atoms with E-state index in [0.717, 1.165) is 33.6 Å². The number of aryl methyl sites for hydroxylation is 2. The number of carbonyl (C=O) groups is 2. The van der Waals surface area contributed by atoms with Crippen molar-refractivity contribution in [2.75, 3.05) is 5.32 Å². The van der Waals surface area contributed by atoms with Crippen LogP contribution in [0.1, 0.15) is 41.6 Å². The molecule has 2 heterocycles. The molecular weight excluding hydrogens is 547 g/mol. The number of hydrogen-bond donors (Lipinski definition) is 2. The van der Waals surface area contributed by atoms with Crippen LogP contribution in [0.2, 0.25) is 5.02 Å². The summed E-state index contributed by atoms with van der Waals surface area (Å²) in [6, 6.07) is 18.7. The Kier molecular flexibility index (Phi) is 8.09. The molecule has 6 nitrogen and oxygen atoms in total. The summed E-state index contributed by atoms with van der Waals surface area (Å²) in [6.07, 6.45) is 0.0856. The average Bonchev–Trinajstić information content (AvgIpc) is 3.31. The van der Waals surface area contributed by atoms with Crippen LogP contribution in [0, 0.1) is 19.7 Å². The fourth-order valence-electron chi connectivity index (χ4n) is 4.79. The summed E-state index contributed by atoms with van der Waals surface area (Å²) < 4.78 is 13.2. The fourth-order valence-corrected chi connectivity index (χ4v) is 5.88. The van der Waals surface area contributed by atoms with Crippen molar-refractivity contribution >= 4 is 46.0 Å². The van der Waals surface area contributed by atoms with E-state index in [2.05, 4.69) is 10.6 Å². The maximum absolute atomic E-state index is 13.8. The lowest BCUT2D eigenvalue weighted by atomic mass is 9.93. The number of anilines is 1. The summed E-state index contributed by atoms with van der Waals surface area (Å²) in [5.41, 5.74) is 6.28. The standard InChI is InChI=1S/C31H28ClFN4O2S/c1-18-4-13-26(19(2)14-18)36-30(39)28-20(3)35-31-37(29(28)22-7-9-23(32)10-8-22)25(17-40-31)15-27(38)34-16-21-5-11-24(33)12-6-21/h4-14,17,29H,15-16H2,1-3H3,(H,34,38)(H,36,39)/t29-/m1/s1. The van der Waals surface area contributed by atoms with Gasteiger partial charge in [0.1, 0.15) is 5.82 Å². The molecule has 0 bridgehead atoms. The second kappa shape index (κ2) is 11.7. The first-order valence-corrected chi connectivity index (χ1v) is 14.0. The third-order valence-corrected chi connectivity index (χ3v) is 7.95. The molecule has 2 aliphatic rings. The molecule has 0 saturated carbocycles. The molecule has 0 aromatic heterocycles. The van der Waals surface area contributed by atoms with E-state index in [9.17, 15) is 14.0 Å². The van der Waals surface area contributed by atoms with Gasteiger partial charge in [0.25, 0.3) is 5.91 Å². The number of amidine groups is 1. The summed E-state index contributed by atoms with van der Waals surface area (Å²) in [7, 11) is 0. The van der Waals surface area contributed by atoms with E-state index in [4.69, 9.17) is 16.6 Å². The minimum atomic E-state index is -0.512. The van der Waals surface area contributed by atoms with E-state index in [1.807, 2.05) is 61.4 Å². The molecule has 3 aromatic carbocycles. The Labute approximate surface area is 242 Å². The van der Waals surface area contributed by atoms with Crippen LogP contribution in [0.3, 0.4) is 0 Å². The molecule has 2 amide bonds. The summed E-state index contributed by atoms with van der Waals surface area (Å²) in [5, 5.41) is 9.16. The molecule has 3 aromatic rings. The summed E-state index contributed by atoms with van der Waals surface area (Å²) in [4.78, 5) is 33.5. The van der Waals surface area contributed by atoms with Crippen LogP contribution < -0.4 is 10.6 Å². The van der Waals surface area contributed by atoms with Crippen molar-refractivity contribution in [3.05, 3.63) is 122 Å². The molecule has 1 atom stereocenters. The van der Waals surface area contributed by atoms with E-state index in [0.29, 0.717) is 21.5 Å². The smallest absolute Gasteiger partial charge is 0.255 e. The Morgan fingerprint density at radius 3 is 2.45 bits per heavy atom. The molecule has 0 spiro atoms. The number of hydrogen-bond acceptors (Lipinski definition) is 5. The van der Waals surface area contributed by atoms with Crippen molar-refractivity contribution in [3.63, 3.8) is 0 Å². The Hall–Kier alpha value is -3.88. The van der Waals surface area contributed by atoms with E-state index < -0.39 is 6.04 Å². The minimum absolute atomic E-state index is 0.0856. The lowest BCUT2D eigenvalue weighted by Crippen LogP contribution is -2.38. The SMILES string of the molecule is CC1=C(C(=O)Nc2ccc(C)cc2C)[C@@H](c2ccc(Cl)cc2)N2C(CC(=O)NCc3ccc(F)cc3)=CSC2=N1. The van der Waals surface area contributed by atoms with Gasteiger partial charge in [0.15, 0.2) is 5.17 Å². The van der Waals surface area contributed by atoms with Crippen LogP contribution in [0.25, 0.3) is 0 Å². The molecule has 0 radical (unpaired) electrons. The number of benzene rings is 3. The monoisotopic (exact) mass is 574 g/mol. The Morgan fingerprint density at radius 2 is 1.75 bits per heavy atom. The predicted octanol–water partition coefficient (Wildman–Crippen LogP) is 7.02. The number of nitrogens with one attached hydrogen (secondary N) is 2. The summed E-state index contributed by atoms with van der Waals surface area (Å²) in [6.45, 7) is 6.08. The Balaban J connectivity index is 1.42. The number of allylic oxidation sites excluding steroid dienone is 1. The maximum Gasteiger partial charge on any atom is 0.255 e. The predicted molar refractivity (Wildman–Crippen MR) is 159 cm³/mol. The topological polar surface area (TPSA) is 73.8 Å². The van der Waals surface area contributed by atoms with Gasteiger partial charge in [0.05, 0.1) is 23.7 Å². The first-order valence-electron chi connectivity index (χ1n) is 12.8. The van der Waals surface area contributed by atoms with Crippen molar-refractivity contribution in [2.45, 2.75) is 39.8 Å². The molecule has 0 fully saturated rings. The van der Waals surface area contributed by atoms with Crippen LogP contribution in [-0.2, 0) is 16.1 Å². The second-order valence-electron chi connectivity index (χ2n) is 9.80. The molecular formula is C31H28ClFN4O2S. The Morgan fingerprint density at radius 1 is 1.02 bits per heavy atom. The average molecular weight is 575 g/mol. The van der Waals surface area contributed by atoms with Gasteiger partial charge >= 0.3 is 0 Å². The van der Waals surface area contributed by atoms with Gasteiger partial charge in [-0.25, -0.2) is 9.38 Å². The third-order valence-electron chi connectivity index (χ3n) is 6.81. The molecule has 40 heavy (non-hydrogen) atoms. The Bertz CT molecular complexity index is 1570. The van der Waals surface area contributed by atoms with Gasteiger partial charge in [-0.05, 0) is 73.2 Å². The highest BCUT2D eigenvalue weighted by Crippen LogP contribution is 2.45. The molecule has 5 rings (SSSR count). The number of halogens is 2. The lowest BCUT2D eigenvalue weighted by Gasteiger charge is -2.36. The van der Waals surface area contributed by atoms with Crippen molar-refractivity contribution in [1.82, 2.24) is 10.2 Å². The lowest BCUT2D eigenvalue weighted by molar-refractivity contribution is -0.120. The zero-order chi connectivity index (χ0) is 28.4. The van der Waals surface area contributed by atoms with Crippen LogP contribution in [0.4, 0.5) is 10.1 Å². The van der Waals surface area contributed by atoms with E-state index >= 15 is 0 Å². The van der Waals surface area contributed by atoms with Gasteiger partial charge in [-0.3, -0.25) is 9.59 Å². The van der Waals surface area contributed by atoms with Gasteiger partial charge in [-0.2, -0.15) is 0 Å². The molecule has 0 unspecified atom stereocenters. The van der Waals surface area contributed by atoms with E-state index in [1.54, 1.807) is 24.3 Å². The van der Waals surface area contributed by atoms with E-state index in [1.165, 1.54) is 23.9 Å². The van der Waals surface area contributed by atoms with Gasteiger partial charge in [-0.15, -0.1) is 0 Å². The first-order chi connectivity index (χ1) is 19.2. The summed E-state index contributed by atoms with van der Waals surface area (Å²) in [5.74, 6) is -0.779. The zero-order valence-electron chi connectivity index (χ0n) is 22.3. The molecule has 2 aliphatic heterocycles. The van der Waals surface area contributed by atoms with Gasteiger partial charge in [-0.1, -0.05) is 65.3 Å². The summed E-state index contributed by atoms with van der Waals surface area (Å²) >= 11 is 7.62. The van der Waals surface area contributed by atoms with Crippen molar-refractivity contribution in [3.8, 4) is 0 Å². The normalized spacial score (nSPS) is 16.3. The molecule has 9 heteroatoms.